The van der Waals surface area contributed by atoms with E-state index in [1.54, 1.807) is 35.4 Å². The Bertz CT molecular complexity index is 641. The minimum atomic E-state index is -0.202. The molecule has 5 heteroatoms. The normalized spacial score (nSPS) is 10.2. The van der Waals surface area contributed by atoms with E-state index in [1.807, 2.05) is 27.1 Å². The fourth-order valence-corrected chi connectivity index (χ4v) is 2.04. The van der Waals surface area contributed by atoms with Crippen LogP contribution in [0.3, 0.4) is 0 Å². The molecule has 0 fully saturated rings. The van der Waals surface area contributed by atoms with Crippen LogP contribution in [-0.4, -0.2) is 25.0 Å². The largest absolute Gasteiger partial charge is 0.362 e. The molecule has 1 aromatic heterocycles. The van der Waals surface area contributed by atoms with Crippen LogP contribution in [0.1, 0.15) is 15.9 Å². The van der Waals surface area contributed by atoms with Gasteiger partial charge in [0.25, 0.3) is 5.91 Å². The van der Waals surface area contributed by atoms with Gasteiger partial charge < -0.3 is 10.2 Å². The van der Waals surface area contributed by atoms with Crippen LogP contribution in [0.25, 0.3) is 0 Å². The summed E-state index contributed by atoms with van der Waals surface area (Å²) in [6, 6.07) is 8.91. The number of halogens is 1. The van der Waals surface area contributed by atoms with Gasteiger partial charge in [-0.2, -0.15) is 0 Å². The van der Waals surface area contributed by atoms with Crippen molar-refractivity contribution >= 4 is 29.0 Å². The number of amides is 1. The van der Waals surface area contributed by atoms with E-state index in [-0.39, 0.29) is 5.91 Å². The third-order valence-electron chi connectivity index (χ3n) is 2.97. The van der Waals surface area contributed by atoms with Gasteiger partial charge in [-0.15, -0.1) is 0 Å². The molecule has 2 rings (SSSR count). The second-order valence-electron chi connectivity index (χ2n) is 4.64. The van der Waals surface area contributed by atoms with Gasteiger partial charge in [-0.25, -0.2) is 4.98 Å². The van der Waals surface area contributed by atoms with Crippen molar-refractivity contribution in [2.45, 2.75) is 6.92 Å². The van der Waals surface area contributed by atoms with Crippen LogP contribution < -0.4 is 10.2 Å². The summed E-state index contributed by atoms with van der Waals surface area (Å²) in [5, 5.41) is 3.50. The molecule has 0 saturated heterocycles. The molecule has 0 aliphatic heterocycles. The Morgan fingerprint density at radius 2 is 2.00 bits per heavy atom. The first-order valence-electron chi connectivity index (χ1n) is 6.19. The number of carbonyl (C=O) groups excluding carboxylic acids is 1. The average molecular weight is 290 g/mol. The molecule has 1 N–H and O–H groups in total. The first-order chi connectivity index (χ1) is 9.50. The number of hydrogen-bond donors (Lipinski definition) is 1. The van der Waals surface area contributed by atoms with Crippen LogP contribution >= 0.6 is 11.6 Å². The monoisotopic (exact) mass is 289 g/mol. The standard InChI is InChI=1S/C15H16ClN3O/c1-10-12(16)7-4-8-13(10)18-15(20)11-6-5-9-17-14(11)19(2)3/h4-9H,1-3H3,(H,18,20). The second-order valence-corrected chi connectivity index (χ2v) is 5.04. The maximum absolute atomic E-state index is 12.4. The first kappa shape index (κ1) is 14.3. The van der Waals surface area contributed by atoms with Crippen molar-refractivity contribution in [1.29, 1.82) is 0 Å². The molecule has 0 unspecified atom stereocenters. The quantitative estimate of drug-likeness (QED) is 0.942. The lowest BCUT2D eigenvalue weighted by atomic mass is 10.1. The van der Waals surface area contributed by atoms with E-state index in [0.29, 0.717) is 22.1 Å². The molecule has 0 saturated carbocycles. The van der Waals surface area contributed by atoms with Gasteiger partial charge in [0.1, 0.15) is 5.82 Å². The predicted octanol–water partition coefficient (Wildman–Crippen LogP) is 3.36. The lowest BCUT2D eigenvalue weighted by Gasteiger charge is -2.16. The molecule has 0 bridgehead atoms. The second kappa shape index (κ2) is 5.92. The van der Waals surface area contributed by atoms with Crippen molar-refractivity contribution in [2.24, 2.45) is 0 Å². The smallest absolute Gasteiger partial charge is 0.259 e. The van der Waals surface area contributed by atoms with Crippen LogP contribution in [0.5, 0.6) is 0 Å². The van der Waals surface area contributed by atoms with Crippen molar-refractivity contribution in [3.8, 4) is 0 Å². The van der Waals surface area contributed by atoms with Gasteiger partial charge in [0, 0.05) is 31.0 Å². The van der Waals surface area contributed by atoms with Gasteiger partial charge >= 0.3 is 0 Å². The SMILES string of the molecule is Cc1c(Cl)cccc1NC(=O)c1cccnc1N(C)C. The number of carbonyl (C=O) groups is 1. The van der Waals surface area contributed by atoms with Crippen LogP contribution in [0, 0.1) is 6.92 Å². The van der Waals surface area contributed by atoms with Gasteiger partial charge in [-0.3, -0.25) is 4.79 Å². The predicted molar refractivity (Wildman–Crippen MR) is 82.7 cm³/mol. The summed E-state index contributed by atoms with van der Waals surface area (Å²) in [4.78, 5) is 18.4. The molecule has 104 valence electrons. The van der Waals surface area contributed by atoms with Gasteiger partial charge in [-0.05, 0) is 36.8 Å². The zero-order valence-corrected chi connectivity index (χ0v) is 12.4. The van der Waals surface area contributed by atoms with Gasteiger partial charge in [0.2, 0.25) is 0 Å². The van der Waals surface area contributed by atoms with E-state index in [4.69, 9.17) is 11.6 Å². The maximum Gasteiger partial charge on any atom is 0.259 e. The minimum Gasteiger partial charge on any atom is -0.362 e. The highest BCUT2D eigenvalue weighted by Gasteiger charge is 2.15. The number of benzene rings is 1. The zero-order valence-electron chi connectivity index (χ0n) is 11.6. The molecule has 1 heterocycles. The van der Waals surface area contributed by atoms with Crippen LogP contribution in [0.2, 0.25) is 5.02 Å². The number of pyridine rings is 1. The maximum atomic E-state index is 12.4. The number of aromatic nitrogens is 1. The summed E-state index contributed by atoms with van der Waals surface area (Å²) in [7, 11) is 3.70. The van der Waals surface area contributed by atoms with E-state index in [1.165, 1.54) is 0 Å². The Morgan fingerprint density at radius 1 is 1.25 bits per heavy atom. The van der Waals surface area contributed by atoms with Crippen molar-refractivity contribution in [3.05, 3.63) is 52.7 Å². The number of anilines is 2. The molecule has 1 amide bonds. The van der Waals surface area contributed by atoms with Crippen LogP contribution in [-0.2, 0) is 0 Å². The zero-order chi connectivity index (χ0) is 14.7. The number of nitrogens with one attached hydrogen (secondary N) is 1. The molecule has 2 aromatic rings. The lowest BCUT2D eigenvalue weighted by Crippen LogP contribution is -2.20. The Balaban J connectivity index is 2.31. The summed E-state index contributed by atoms with van der Waals surface area (Å²) in [5.74, 6) is 0.428. The van der Waals surface area contributed by atoms with Crippen molar-refractivity contribution < 1.29 is 4.79 Å². The minimum absolute atomic E-state index is 0.202. The summed E-state index contributed by atoms with van der Waals surface area (Å²) < 4.78 is 0. The summed E-state index contributed by atoms with van der Waals surface area (Å²) in [6.45, 7) is 1.87. The molecule has 0 radical (unpaired) electrons. The van der Waals surface area contributed by atoms with E-state index in [9.17, 15) is 4.79 Å². The average Bonchev–Trinajstić information content (AvgIpc) is 2.43. The Hall–Kier alpha value is -2.07. The molecular weight excluding hydrogens is 274 g/mol. The molecule has 0 aliphatic rings. The van der Waals surface area contributed by atoms with E-state index in [0.717, 1.165) is 5.56 Å². The van der Waals surface area contributed by atoms with E-state index < -0.39 is 0 Å². The van der Waals surface area contributed by atoms with Gasteiger partial charge in [0.15, 0.2) is 0 Å². The third-order valence-corrected chi connectivity index (χ3v) is 3.38. The first-order valence-corrected chi connectivity index (χ1v) is 6.57. The fraction of sp³-hybridized carbons (Fsp3) is 0.200. The molecule has 20 heavy (non-hydrogen) atoms. The van der Waals surface area contributed by atoms with Gasteiger partial charge in [0.05, 0.1) is 5.56 Å². The Labute approximate surface area is 123 Å². The number of nitrogens with zero attached hydrogens (tertiary/aromatic N) is 2. The topological polar surface area (TPSA) is 45.2 Å². The van der Waals surface area contributed by atoms with Crippen molar-refractivity contribution in [2.75, 3.05) is 24.3 Å². The number of hydrogen-bond acceptors (Lipinski definition) is 3. The number of rotatable bonds is 3. The molecule has 0 aliphatic carbocycles. The molecule has 0 spiro atoms. The third kappa shape index (κ3) is 2.91. The summed E-state index contributed by atoms with van der Waals surface area (Å²) in [5.41, 5.74) is 2.07. The molecule has 1 aromatic carbocycles. The van der Waals surface area contributed by atoms with E-state index >= 15 is 0 Å². The highest BCUT2D eigenvalue weighted by molar-refractivity contribution is 6.31. The van der Waals surface area contributed by atoms with Crippen LogP contribution in [0.15, 0.2) is 36.5 Å². The molecule has 0 atom stereocenters. The fourth-order valence-electron chi connectivity index (χ4n) is 1.86. The highest BCUT2D eigenvalue weighted by Crippen LogP contribution is 2.24. The summed E-state index contributed by atoms with van der Waals surface area (Å²) >= 11 is 6.05. The van der Waals surface area contributed by atoms with Crippen LogP contribution in [0.4, 0.5) is 11.5 Å². The lowest BCUT2D eigenvalue weighted by molar-refractivity contribution is 0.102. The summed E-state index contributed by atoms with van der Waals surface area (Å²) in [6.07, 6.45) is 1.66. The van der Waals surface area contributed by atoms with Crippen molar-refractivity contribution in [3.63, 3.8) is 0 Å². The Kier molecular flexibility index (Phi) is 4.25. The van der Waals surface area contributed by atoms with Gasteiger partial charge in [-0.1, -0.05) is 17.7 Å². The highest BCUT2D eigenvalue weighted by atomic mass is 35.5. The molecular formula is C15H16ClN3O. The molecule has 4 nitrogen and oxygen atoms in total. The van der Waals surface area contributed by atoms with Crippen molar-refractivity contribution in [1.82, 2.24) is 4.98 Å². The Morgan fingerprint density at radius 3 is 2.70 bits per heavy atom. The van der Waals surface area contributed by atoms with E-state index in [2.05, 4.69) is 10.3 Å².